The first-order chi connectivity index (χ1) is 13.4. The molecule has 1 N–H and O–H groups in total. The number of halogens is 1. The number of carbonyl (C=O) groups excluding carboxylic acids is 1. The zero-order valence-electron chi connectivity index (χ0n) is 15.7. The van der Waals surface area contributed by atoms with Gasteiger partial charge in [-0.15, -0.1) is 11.3 Å². The summed E-state index contributed by atoms with van der Waals surface area (Å²) < 4.78 is 40.5. The van der Waals surface area contributed by atoms with Gasteiger partial charge in [0.25, 0.3) is 0 Å². The molecule has 1 amide bonds. The lowest BCUT2D eigenvalue weighted by Crippen LogP contribution is -2.55. The maximum absolute atomic E-state index is 13.9. The largest absolute Gasteiger partial charge is 0.354 e. The second-order valence-electron chi connectivity index (χ2n) is 6.67. The summed E-state index contributed by atoms with van der Waals surface area (Å²) in [6.45, 7) is 3.69. The molecule has 1 saturated heterocycles. The highest BCUT2D eigenvalue weighted by Crippen LogP contribution is 2.21. The fourth-order valence-corrected chi connectivity index (χ4v) is 5.40. The topological polar surface area (TPSA) is 69.7 Å². The van der Waals surface area contributed by atoms with Crippen molar-refractivity contribution in [1.82, 2.24) is 14.5 Å². The number of hydrogen-bond donors (Lipinski definition) is 1. The van der Waals surface area contributed by atoms with Gasteiger partial charge in [0.05, 0.1) is 6.04 Å². The van der Waals surface area contributed by atoms with E-state index in [1.165, 1.54) is 27.4 Å². The average Bonchev–Trinajstić information content (AvgIpc) is 3.21. The minimum absolute atomic E-state index is 0.0676. The first kappa shape index (κ1) is 20.9. The Kier molecular flexibility index (Phi) is 6.82. The van der Waals surface area contributed by atoms with E-state index in [0.29, 0.717) is 19.6 Å². The molecule has 1 aliphatic heterocycles. The maximum atomic E-state index is 13.9. The van der Waals surface area contributed by atoms with Gasteiger partial charge in [0.2, 0.25) is 15.9 Å². The van der Waals surface area contributed by atoms with Crippen LogP contribution >= 0.6 is 11.3 Å². The smallest absolute Gasteiger partial charge is 0.246 e. The van der Waals surface area contributed by atoms with E-state index in [0.717, 1.165) is 12.5 Å². The number of carbonyl (C=O) groups is 1. The van der Waals surface area contributed by atoms with Gasteiger partial charge in [-0.3, -0.25) is 9.69 Å². The molecule has 6 nitrogen and oxygen atoms in total. The summed E-state index contributed by atoms with van der Waals surface area (Å²) in [6, 6.07) is 9.07. The van der Waals surface area contributed by atoms with E-state index in [2.05, 4.69) is 5.32 Å². The summed E-state index contributed by atoms with van der Waals surface area (Å²) in [5.41, 5.74) is 0. The molecule has 2 heterocycles. The molecule has 0 saturated carbocycles. The lowest BCUT2D eigenvalue weighted by Gasteiger charge is -2.36. The Balaban J connectivity index is 1.51. The molecule has 1 unspecified atom stereocenters. The average molecular weight is 426 g/mol. The summed E-state index contributed by atoms with van der Waals surface area (Å²) in [4.78, 5) is 15.3. The highest BCUT2D eigenvalue weighted by Gasteiger charge is 2.32. The van der Waals surface area contributed by atoms with Gasteiger partial charge in [-0.05, 0) is 36.9 Å². The summed E-state index contributed by atoms with van der Waals surface area (Å²) in [5, 5.41) is 4.95. The van der Waals surface area contributed by atoms with E-state index >= 15 is 0 Å². The molecule has 9 heteroatoms. The van der Waals surface area contributed by atoms with Gasteiger partial charge >= 0.3 is 0 Å². The Bertz CT molecular complexity index is 895. The Labute approximate surface area is 169 Å². The van der Waals surface area contributed by atoms with Crippen molar-refractivity contribution in [2.75, 3.05) is 32.7 Å². The fourth-order valence-electron chi connectivity index (χ4n) is 3.20. The molecule has 1 atom stereocenters. The monoisotopic (exact) mass is 425 g/mol. The predicted molar refractivity (Wildman–Crippen MR) is 107 cm³/mol. The van der Waals surface area contributed by atoms with Crippen LogP contribution in [-0.2, 0) is 21.2 Å². The van der Waals surface area contributed by atoms with Crippen LogP contribution in [0.15, 0.2) is 46.7 Å². The Morgan fingerprint density at radius 3 is 2.54 bits per heavy atom. The van der Waals surface area contributed by atoms with Crippen molar-refractivity contribution in [2.45, 2.75) is 24.3 Å². The standard InChI is InChI=1S/C19H24FN3O3S2/c1-15(19(24)21-9-8-16-5-4-14-27-16)22-10-12-23(13-11-22)28(25,26)18-7-3-2-6-17(18)20/h2-7,14-15H,8-13H2,1H3,(H,21,24). The molecule has 0 bridgehead atoms. The van der Waals surface area contributed by atoms with Crippen LogP contribution in [0.2, 0.25) is 0 Å². The van der Waals surface area contributed by atoms with Crippen LogP contribution in [0.4, 0.5) is 4.39 Å². The molecule has 0 radical (unpaired) electrons. The number of amides is 1. The predicted octanol–water partition coefficient (Wildman–Crippen LogP) is 1.94. The number of thiophene rings is 1. The molecule has 1 aliphatic rings. The summed E-state index contributed by atoms with van der Waals surface area (Å²) >= 11 is 1.66. The summed E-state index contributed by atoms with van der Waals surface area (Å²) in [5.74, 6) is -0.814. The molecule has 2 aromatic rings. The lowest BCUT2D eigenvalue weighted by atomic mass is 10.2. The van der Waals surface area contributed by atoms with Gasteiger partial charge in [-0.25, -0.2) is 12.8 Å². The van der Waals surface area contributed by atoms with Crippen molar-refractivity contribution in [3.8, 4) is 0 Å². The maximum Gasteiger partial charge on any atom is 0.246 e. The SMILES string of the molecule is CC(C(=O)NCCc1cccs1)N1CCN(S(=O)(=O)c2ccccc2F)CC1. The molecule has 0 spiro atoms. The van der Waals surface area contributed by atoms with Gasteiger partial charge in [0, 0.05) is 37.6 Å². The Morgan fingerprint density at radius 2 is 1.89 bits per heavy atom. The van der Waals surface area contributed by atoms with Crippen LogP contribution in [0.3, 0.4) is 0 Å². The molecular formula is C19H24FN3O3S2. The third-order valence-corrected chi connectivity index (χ3v) is 7.77. The van der Waals surface area contributed by atoms with Crippen LogP contribution in [-0.4, -0.2) is 62.3 Å². The molecular weight excluding hydrogens is 401 g/mol. The highest BCUT2D eigenvalue weighted by molar-refractivity contribution is 7.89. The normalized spacial score (nSPS) is 17.4. The van der Waals surface area contributed by atoms with E-state index in [1.54, 1.807) is 11.3 Å². The van der Waals surface area contributed by atoms with E-state index in [-0.39, 0.29) is 29.9 Å². The van der Waals surface area contributed by atoms with Gasteiger partial charge in [-0.2, -0.15) is 4.31 Å². The molecule has 1 aromatic heterocycles. The van der Waals surface area contributed by atoms with Crippen molar-refractivity contribution < 1.29 is 17.6 Å². The van der Waals surface area contributed by atoms with Gasteiger partial charge in [-0.1, -0.05) is 18.2 Å². The van der Waals surface area contributed by atoms with Gasteiger partial charge in [0.1, 0.15) is 10.7 Å². The zero-order chi connectivity index (χ0) is 20.1. The number of hydrogen-bond acceptors (Lipinski definition) is 5. The third kappa shape index (κ3) is 4.78. The first-order valence-electron chi connectivity index (χ1n) is 9.18. The van der Waals surface area contributed by atoms with Crippen molar-refractivity contribution >= 4 is 27.3 Å². The van der Waals surface area contributed by atoms with Crippen LogP contribution in [0.25, 0.3) is 0 Å². The summed E-state index contributed by atoms with van der Waals surface area (Å²) in [7, 11) is -3.87. The van der Waals surface area contributed by atoms with E-state index < -0.39 is 15.8 Å². The molecule has 3 rings (SSSR count). The number of piperazine rings is 1. The molecule has 1 aromatic carbocycles. The number of rotatable bonds is 7. The Hall–Kier alpha value is -1.81. The molecule has 1 fully saturated rings. The lowest BCUT2D eigenvalue weighted by molar-refractivity contribution is -0.126. The van der Waals surface area contributed by atoms with Crippen molar-refractivity contribution in [3.05, 3.63) is 52.5 Å². The van der Waals surface area contributed by atoms with Crippen molar-refractivity contribution in [3.63, 3.8) is 0 Å². The first-order valence-corrected chi connectivity index (χ1v) is 11.5. The Morgan fingerprint density at radius 1 is 1.18 bits per heavy atom. The van der Waals surface area contributed by atoms with E-state index in [4.69, 9.17) is 0 Å². The van der Waals surface area contributed by atoms with Crippen molar-refractivity contribution in [2.24, 2.45) is 0 Å². The van der Waals surface area contributed by atoms with Gasteiger partial charge < -0.3 is 5.32 Å². The van der Waals surface area contributed by atoms with Gasteiger partial charge in [0.15, 0.2) is 0 Å². The zero-order valence-corrected chi connectivity index (χ0v) is 17.3. The number of sulfonamides is 1. The highest BCUT2D eigenvalue weighted by atomic mass is 32.2. The van der Waals surface area contributed by atoms with E-state index in [1.807, 2.05) is 29.3 Å². The molecule has 0 aliphatic carbocycles. The van der Waals surface area contributed by atoms with Crippen LogP contribution < -0.4 is 5.32 Å². The quantitative estimate of drug-likeness (QED) is 0.736. The number of benzene rings is 1. The molecule has 28 heavy (non-hydrogen) atoms. The second-order valence-corrected chi connectivity index (χ2v) is 9.61. The van der Waals surface area contributed by atoms with Crippen LogP contribution in [0.5, 0.6) is 0 Å². The molecule has 152 valence electrons. The second kappa shape index (κ2) is 9.13. The van der Waals surface area contributed by atoms with Crippen molar-refractivity contribution in [1.29, 1.82) is 0 Å². The van der Waals surface area contributed by atoms with Crippen LogP contribution in [0.1, 0.15) is 11.8 Å². The van der Waals surface area contributed by atoms with E-state index in [9.17, 15) is 17.6 Å². The minimum Gasteiger partial charge on any atom is -0.354 e. The van der Waals surface area contributed by atoms with Crippen LogP contribution in [0, 0.1) is 5.82 Å². The number of nitrogens with one attached hydrogen (secondary N) is 1. The third-order valence-electron chi connectivity index (χ3n) is 4.91. The number of nitrogens with zero attached hydrogens (tertiary/aromatic N) is 2. The fraction of sp³-hybridized carbons (Fsp3) is 0.421. The summed E-state index contributed by atoms with van der Waals surface area (Å²) in [6.07, 6.45) is 0.796. The minimum atomic E-state index is -3.87.